The molecule has 22 heavy (non-hydrogen) atoms. The van der Waals surface area contributed by atoms with Crippen LogP contribution in [0.25, 0.3) is 0 Å². The zero-order valence-electron chi connectivity index (χ0n) is 13.2. The summed E-state index contributed by atoms with van der Waals surface area (Å²) >= 11 is 0. The molecule has 0 spiro atoms. The Bertz CT molecular complexity index is 493. The molecule has 1 saturated heterocycles. The van der Waals surface area contributed by atoms with Crippen LogP contribution < -0.4 is 4.74 Å². The summed E-state index contributed by atoms with van der Waals surface area (Å²) in [6, 6.07) is 7.69. The van der Waals surface area contributed by atoms with E-state index in [1.165, 1.54) is 0 Å². The Kier molecular flexibility index (Phi) is 6.03. The van der Waals surface area contributed by atoms with Crippen molar-refractivity contribution in [3.63, 3.8) is 0 Å². The highest BCUT2D eigenvalue weighted by atomic mass is 16.6. The predicted molar refractivity (Wildman–Crippen MR) is 82.4 cm³/mol. The number of ether oxygens (including phenoxy) is 2. The van der Waals surface area contributed by atoms with Crippen LogP contribution in [0.4, 0.5) is 4.79 Å². The summed E-state index contributed by atoms with van der Waals surface area (Å²) in [6.45, 7) is 6.37. The summed E-state index contributed by atoms with van der Waals surface area (Å²) in [6.07, 6.45) is -0.123. The highest BCUT2D eigenvalue weighted by molar-refractivity contribution is 5.67. The highest BCUT2D eigenvalue weighted by Gasteiger charge is 2.27. The molecule has 2 rings (SSSR count). The van der Waals surface area contributed by atoms with Gasteiger partial charge in [0.15, 0.2) is 0 Å². The molecule has 1 atom stereocenters. The maximum absolute atomic E-state index is 12.0. The normalized spacial score (nSPS) is 17.2. The molecular weight excluding hydrogens is 284 g/mol. The van der Waals surface area contributed by atoms with Crippen LogP contribution in [0, 0.1) is 0 Å². The maximum atomic E-state index is 12.0. The maximum Gasteiger partial charge on any atom is 0.424 e. The van der Waals surface area contributed by atoms with E-state index < -0.39 is 0 Å². The van der Waals surface area contributed by atoms with Crippen LogP contribution in [0.15, 0.2) is 24.3 Å². The summed E-state index contributed by atoms with van der Waals surface area (Å²) in [7, 11) is 0. The average Bonchev–Trinajstić information content (AvgIpc) is 2.48. The number of hydrogen-bond acceptors (Lipinski definition) is 5. The third kappa shape index (κ3) is 4.61. The fraction of sp³-hybridized carbons (Fsp3) is 0.562. The third-order valence-corrected chi connectivity index (χ3v) is 3.47. The Balaban J connectivity index is 2.05. The van der Waals surface area contributed by atoms with Gasteiger partial charge in [-0.2, -0.15) is 0 Å². The van der Waals surface area contributed by atoms with Gasteiger partial charge in [0.25, 0.3) is 0 Å². The van der Waals surface area contributed by atoms with Gasteiger partial charge in [0, 0.05) is 6.54 Å². The van der Waals surface area contributed by atoms with Crippen molar-refractivity contribution in [1.29, 1.82) is 0 Å². The Morgan fingerprint density at radius 1 is 1.45 bits per heavy atom. The first-order valence-electron chi connectivity index (χ1n) is 7.69. The summed E-state index contributed by atoms with van der Waals surface area (Å²) in [5.41, 5.74) is 0.979. The monoisotopic (exact) mass is 308 g/mol. The predicted octanol–water partition coefficient (Wildman–Crippen LogP) is 2.03. The first kappa shape index (κ1) is 16.6. The molecule has 0 radical (unpaired) electrons. The summed E-state index contributed by atoms with van der Waals surface area (Å²) in [5, 5.41) is 13.0. The lowest BCUT2D eigenvalue weighted by atomic mass is 10.2. The zero-order chi connectivity index (χ0) is 15.9. The Hall–Kier alpha value is -1.79. The number of benzene rings is 1. The topological polar surface area (TPSA) is 62.2 Å². The van der Waals surface area contributed by atoms with E-state index in [9.17, 15) is 9.90 Å². The number of amides is 1. The molecule has 6 heteroatoms. The number of rotatable bonds is 7. The second-order valence-electron chi connectivity index (χ2n) is 5.34. The van der Waals surface area contributed by atoms with Gasteiger partial charge in [0.1, 0.15) is 12.4 Å². The van der Waals surface area contributed by atoms with Gasteiger partial charge in [-0.05, 0) is 38.0 Å². The Labute approximate surface area is 131 Å². The summed E-state index contributed by atoms with van der Waals surface area (Å²) in [4.78, 5) is 12.0. The Morgan fingerprint density at radius 3 is 3.00 bits per heavy atom. The van der Waals surface area contributed by atoms with Gasteiger partial charge in [-0.15, -0.1) is 0 Å². The second-order valence-corrected chi connectivity index (χ2v) is 5.34. The largest absolute Gasteiger partial charge is 0.494 e. The van der Waals surface area contributed by atoms with E-state index in [2.05, 4.69) is 0 Å². The molecule has 0 aromatic heterocycles. The highest BCUT2D eigenvalue weighted by Crippen LogP contribution is 2.18. The van der Waals surface area contributed by atoms with Gasteiger partial charge in [-0.1, -0.05) is 12.1 Å². The molecule has 0 saturated carbocycles. The second kappa shape index (κ2) is 8.00. The van der Waals surface area contributed by atoms with Gasteiger partial charge in [-0.3, -0.25) is 0 Å². The van der Waals surface area contributed by atoms with Crippen molar-refractivity contribution in [3.05, 3.63) is 29.8 Å². The molecule has 1 unspecified atom stereocenters. The molecule has 1 aliphatic heterocycles. The van der Waals surface area contributed by atoms with Crippen LogP contribution in [0.5, 0.6) is 5.75 Å². The average molecular weight is 308 g/mol. The van der Waals surface area contributed by atoms with E-state index in [4.69, 9.17) is 9.47 Å². The van der Waals surface area contributed by atoms with Crippen molar-refractivity contribution in [1.82, 2.24) is 10.0 Å². The molecule has 1 aromatic rings. The number of hydrogen-bond donors (Lipinski definition) is 1. The first-order valence-corrected chi connectivity index (χ1v) is 7.69. The van der Waals surface area contributed by atoms with Gasteiger partial charge in [0.05, 0.1) is 25.8 Å². The zero-order valence-corrected chi connectivity index (χ0v) is 13.2. The molecule has 1 heterocycles. The van der Waals surface area contributed by atoms with Crippen LogP contribution in [-0.2, 0) is 11.3 Å². The van der Waals surface area contributed by atoms with Gasteiger partial charge in [-0.25, -0.2) is 14.8 Å². The molecule has 0 bridgehead atoms. The van der Waals surface area contributed by atoms with Crippen molar-refractivity contribution in [2.24, 2.45) is 0 Å². The van der Waals surface area contributed by atoms with Crippen LogP contribution in [0.3, 0.4) is 0 Å². The quantitative estimate of drug-likeness (QED) is 0.835. The minimum Gasteiger partial charge on any atom is -0.494 e. The number of nitrogens with zero attached hydrogens (tertiary/aromatic N) is 2. The number of carbonyl (C=O) groups excluding carboxylic acids is 1. The number of aliphatic hydroxyl groups excluding tert-OH is 1. The van der Waals surface area contributed by atoms with Crippen molar-refractivity contribution in [3.8, 4) is 5.75 Å². The number of carbonyl (C=O) groups is 1. The Morgan fingerprint density at radius 2 is 2.27 bits per heavy atom. The molecule has 1 aliphatic rings. The number of hydrazine groups is 1. The smallest absolute Gasteiger partial charge is 0.424 e. The SMILES string of the molecule is CCOc1cccc(CN2C(=O)OCCN2CCC(C)O)c1. The van der Waals surface area contributed by atoms with Crippen LogP contribution in [-0.4, -0.2) is 53.6 Å². The van der Waals surface area contributed by atoms with E-state index in [-0.39, 0.29) is 12.2 Å². The summed E-state index contributed by atoms with van der Waals surface area (Å²) in [5.74, 6) is 0.793. The summed E-state index contributed by atoms with van der Waals surface area (Å²) < 4.78 is 10.6. The van der Waals surface area contributed by atoms with Crippen LogP contribution >= 0.6 is 0 Å². The van der Waals surface area contributed by atoms with Gasteiger partial charge < -0.3 is 14.6 Å². The van der Waals surface area contributed by atoms with Crippen LogP contribution in [0.2, 0.25) is 0 Å². The minimum absolute atomic E-state index is 0.348. The first-order chi connectivity index (χ1) is 10.6. The lowest BCUT2D eigenvalue weighted by Gasteiger charge is -2.38. The molecule has 0 aliphatic carbocycles. The van der Waals surface area contributed by atoms with Crippen molar-refractivity contribution < 1.29 is 19.4 Å². The molecule has 1 N–H and O–H groups in total. The molecular formula is C16H24N2O4. The lowest BCUT2D eigenvalue weighted by Crippen LogP contribution is -2.52. The van der Waals surface area contributed by atoms with Gasteiger partial charge >= 0.3 is 6.09 Å². The fourth-order valence-corrected chi connectivity index (χ4v) is 2.36. The number of aliphatic hydroxyl groups is 1. The third-order valence-electron chi connectivity index (χ3n) is 3.47. The minimum atomic E-state index is -0.388. The molecule has 6 nitrogen and oxygen atoms in total. The van der Waals surface area contributed by atoms with Crippen molar-refractivity contribution >= 4 is 6.09 Å². The number of cyclic esters (lactones) is 1. The van der Waals surface area contributed by atoms with E-state index in [0.717, 1.165) is 11.3 Å². The van der Waals surface area contributed by atoms with Gasteiger partial charge in [0.2, 0.25) is 0 Å². The lowest BCUT2D eigenvalue weighted by molar-refractivity contribution is -0.0776. The van der Waals surface area contributed by atoms with Crippen molar-refractivity contribution in [2.75, 3.05) is 26.3 Å². The molecule has 1 fully saturated rings. The molecule has 1 aromatic carbocycles. The van der Waals surface area contributed by atoms with E-state index in [1.807, 2.05) is 36.2 Å². The van der Waals surface area contributed by atoms with E-state index in [1.54, 1.807) is 11.9 Å². The van der Waals surface area contributed by atoms with Crippen LogP contribution in [0.1, 0.15) is 25.8 Å². The van der Waals surface area contributed by atoms with E-state index >= 15 is 0 Å². The molecule has 122 valence electrons. The standard InChI is InChI=1S/C16H24N2O4/c1-3-21-15-6-4-5-14(11-15)12-18-16(20)22-10-9-17(18)8-7-13(2)19/h4-6,11,13,19H,3,7-10,12H2,1-2H3. The van der Waals surface area contributed by atoms with Crippen molar-refractivity contribution in [2.45, 2.75) is 32.9 Å². The van der Waals surface area contributed by atoms with E-state index in [0.29, 0.717) is 39.3 Å². The fourth-order valence-electron chi connectivity index (χ4n) is 2.36. The molecule has 1 amide bonds.